The number of rotatable bonds is 4. The quantitative estimate of drug-likeness (QED) is 0.877. The van der Waals surface area contributed by atoms with E-state index < -0.39 is 0 Å². The van der Waals surface area contributed by atoms with E-state index >= 15 is 0 Å². The lowest BCUT2D eigenvalue weighted by atomic mass is 10.3. The van der Waals surface area contributed by atoms with Crippen molar-refractivity contribution in [3.63, 3.8) is 0 Å². The normalized spacial score (nSPS) is 12.4. The molecule has 1 N–H and O–H groups in total. The van der Waals surface area contributed by atoms with Crippen molar-refractivity contribution >= 4 is 5.82 Å². The Hall–Kier alpha value is -1.84. The Kier molecular flexibility index (Phi) is 3.42. The summed E-state index contributed by atoms with van der Waals surface area (Å²) < 4.78 is 2.02. The van der Waals surface area contributed by atoms with Gasteiger partial charge in [0.05, 0.1) is 12.2 Å². The first-order valence-electron chi connectivity index (χ1n) is 5.84. The summed E-state index contributed by atoms with van der Waals surface area (Å²) in [6.45, 7) is 7.06. The van der Waals surface area contributed by atoms with Crippen LogP contribution in [0.25, 0.3) is 0 Å². The van der Waals surface area contributed by atoms with Crippen LogP contribution in [-0.4, -0.2) is 20.8 Å². The van der Waals surface area contributed by atoms with Gasteiger partial charge in [0.15, 0.2) is 0 Å². The van der Waals surface area contributed by atoms with Crippen molar-refractivity contribution in [3.05, 3.63) is 41.9 Å². The van der Waals surface area contributed by atoms with Gasteiger partial charge in [0.25, 0.3) is 0 Å². The predicted molar refractivity (Wildman–Crippen MR) is 69.0 cm³/mol. The molecule has 4 nitrogen and oxygen atoms in total. The summed E-state index contributed by atoms with van der Waals surface area (Å²) in [5, 5.41) is 7.80. The van der Waals surface area contributed by atoms with Crippen LogP contribution in [0.5, 0.6) is 0 Å². The molecule has 4 heteroatoms. The second-order valence-electron chi connectivity index (χ2n) is 4.37. The molecule has 0 bridgehead atoms. The third-order valence-electron chi connectivity index (χ3n) is 2.61. The fourth-order valence-corrected chi connectivity index (χ4v) is 1.87. The molecule has 0 aromatic carbocycles. The first-order valence-corrected chi connectivity index (χ1v) is 5.84. The first kappa shape index (κ1) is 11.6. The van der Waals surface area contributed by atoms with Crippen molar-refractivity contribution in [3.8, 4) is 0 Å². The minimum Gasteiger partial charge on any atom is -0.366 e. The number of hydrogen-bond acceptors (Lipinski definition) is 3. The van der Waals surface area contributed by atoms with E-state index in [2.05, 4.69) is 35.3 Å². The molecule has 2 aromatic heterocycles. The smallest absolute Gasteiger partial charge is 0.126 e. The molecule has 0 amide bonds. The Bertz CT molecular complexity index is 475. The van der Waals surface area contributed by atoms with Gasteiger partial charge >= 0.3 is 0 Å². The molecular formula is C13H18N4. The molecule has 0 radical (unpaired) electrons. The third kappa shape index (κ3) is 3.06. The summed E-state index contributed by atoms with van der Waals surface area (Å²) in [5.74, 6) is 0.904. The summed E-state index contributed by atoms with van der Waals surface area (Å²) in [4.78, 5) is 4.25. The number of aromatic nitrogens is 3. The molecule has 2 rings (SSSR count). The van der Waals surface area contributed by atoms with Crippen molar-refractivity contribution < 1.29 is 0 Å². The molecule has 1 unspecified atom stereocenters. The maximum Gasteiger partial charge on any atom is 0.126 e. The van der Waals surface area contributed by atoms with Crippen LogP contribution >= 0.6 is 0 Å². The highest BCUT2D eigenvalue weighted by Crippen LogP contribution is 2.07. The van der Waals surface area contributed by atoms with Gasteiger partial charge in [0.1, 0.15) is 5.82 Å². The van der Waals surface area contributed by atoms with Gasteiger partial charge in [-0.2, -0.15) is 5.10 Å². The van der Waals surface area contributed by atoms with Crippen LogP contribution in [-0.2, 0) is 6.54 Å². The van der Waals surface area contributed by atoms with Crippen LogP contribution in [0.2, 0.25) is 0 Å². The summed E-state index contributed by atoms with van der Waals surface area (Å²) in [6, 6.07) is 8.25. The van der Waals surface area contributed by atoms with Gasteiger partial charge in [-0.1, -0.05) is 6.07 Å². The van der Waals surface area contributed by atoms with Crippen molar-refractivity contribution in [1.82, 2.24) is 14.8 Å². The van der Waals surface area contributed by atoms with E-state index in [1.165, 1.54) is 5.69 Å². The number of hydrogen-bond donors (Lipinski definition) is 1. The maximum atomic E-state index is 4.45. The van der Waals surface area contributed by atoms with E-state index in [0.717, 1.165) is 18.1 Å². The number of anilines is 1. The van der Waals surface area contributed by atoms with Crippen molar-refractivity contribution in [2.24, 2.45) is 0 Å². The van der Waals surface area contributed by atoms with E-state index in [4.69, 9.17) is 0 Å². The Labute approximate surface area is 102 Å². The highest BCUT2D eigenvalue weighted by Gasteiger charge is 2.06. The van der Waals surface area contributed by atoms with Gasteiger partial charge in [-0.25, -0.2) is 4.98 Å². The molecule has 0 aliphatic rings. The van der Waals surface area contributed by atoms with E-state index in [0.29, 0.717) is 6.04 Å². The monoisotopic (exact) mass is 230 g/mol. The fraction of sp³-hybridized carbons (Fsp3) is 0.385. The topological polar surface area (TPSA) is 42.7 Å². The van der Waals surface area contributed by atoms with Crippen LogP contribution in [0.1, 0.15) is 18.3 Å². The molecule has 0 saturated carbocycles. The average Bonchev–Trinajstić information content (AvgIpc) is 2.58. The molecule has 90 valence electrons. The number of aryl methyl sites for hydroxylation is 2. The van der Waals surface area contributed by atoms with Crippen LogP contribution in [0, 0.1) is 13.8 Å². The second-order valence-corrected chi connectivity index (χ2v) is 4.37. The van der Waals surface area contributed by atoms with Crippen molar-refractivity contribution in [2.45, 2.75) is 33.4 Å². The first-order chi connectivity index (χ1) is 8.15. The summed E-state index contributed by atoms with van der Waals surface area (Å²) in [5.41, 5.74) is 2.25. The Morgan fingerprint density at radius 1 is 1.35 bits per heavy atom. The SMILES string of the molecule is Cc1cc(C)n(CC(C)Nc2ccccn2)n1. The van der Waals surface area contributed by atoms with E-state index in [9.17, 15) is 0 Å². The van der Waals surface area contributed by atoms with Crippen molar-refractivity contribution in [1.29, 1.82) is 0 Å². The average molecular weight is 230 g/mol. The Balaban J connectivity index is 1.98. The molecule has 2 aromatic rings. The Morgan fingerprint density at radius 2 is 2.18 bits per heavy atom. The van der Waals surface area contributed by atoms with Gasteiger partial charge in [-0.15, -0.1) is 0 Å². The van der Waals surface area contributed by atoms with Crippen LogP contribution in [0.3, 0.4) is 0 Å². The molecule has 0 saturated heterocycles. The largest absolute Gasteiger partial charge is 0.366 e. The summed E-state index contributed by atoms with van der Waals surface area (Å²) in [6.07, 6.45) is 1.79. The number of nitrogens with zero attached hydrogens (tertiary/aromatic N) is 3. The van der Waals surface area contributed by atoms with Gasteiger partial charge in [-0.3, -0.25) is 4.68 Å². The molecule has 2 heterocycles. The van der Waals surface area contributed by atoms with Gasteiger partial charge in [0, 0.05) is 17.9 Å². The van der Waals surface area contributed by atoms with Crippen LogP contribution in [0.15, 0.2) is 30.5 Å². The molecule has 17 heavy (non-hydrogen) atoms. The molecule has 1 atom stereocenters. The lowest BCUT2D eigenvalue weighted by molar-refractivity contribution is 0.544. The lowest BCUT2D eigenvalue weighted by Crippen LogP contribution is -2.23. The lowest BCUT2D eigenvalue weighted by Gasteiger charge is -2.15. The van der Waals surface area contributed by atoms with E-state index in [1.807, 2.05) is 29.8 Å². The minimum absolute atomic E-state index is 0.294. The van der Waals surface area contributed by atoms with E-state index in [-0.39, 0.29) is 0 Å². The van der Waals surface area contributed by atoms with Gasteiger partial charge in [-0.05, 0) is 39.0 Å². The molecular weight excluding hydrogens is 212 g/mol. The van der Waals surface area contributed by atoms with Crippen molar-refractivity contribution in [2.75, 3.05) is 5.32 Å². The zero-order chi connectivity index (χ0) is 12.3. The predicted octanol–water partition coefficient (Wildman–Crippen LogP) is 2.40. The minimum atomic E-state index is 0.294. The number of nitrogens with one attached hydrogen (secondary N) is 1. The standard InChI is InChI=1S/C13H18N4/c1-10-8-12(3)17(16-10)9-11(2)15-13-6-4-5-7-14-13/h4-8,11H,9H2,1-3H3,(H,14,15). The fourth-order valence-electron chi connectivity index (χ4n) is 1.87. The maximum absolute atomic E-state index is 4.45. The zero-order valence-corrected chi connectivity index (χ0v) is 10.5. The zero-order valence-electron chi connectivity index (χ0n) is 10.5. The molecule has 0 fully saturated rings. The van der Waals surface area contributed by atoms with Gasteiger partial charge < -0.3 is 5.32 Å². The summed E-state index contributed by atoms with van der Waals surface area (Å²) in [7, 11) is 0. The highest BCUT2D eigenvalue weighted by molar-refractivity contribution is 5.34. The molecule has 0 spiro atoms. The molecule has 0 aliphatic carbocycles. The van der Waals surface area contributed by atoms with E-state index in [1.54, 1.807) is 6.20 Å². The Morgan fingerprint density at radius 3 is 2.76 bits per heavy atom. The second kappa shape index (κ2) is 4.99. The van der Waals surface area contributed by atoms with Crippen LogP contribution in [0.4, 0.5) is 5.82 Å². The number of pyridine rings is 1. The third-order valence-corrected chi connectivity index (χ3v) is 2.61. The molecule has 0 aliphatic heterocycles. The van der Waals surface area contributed by atoms with Crippen LogP contribution < -0.4 is 5.32 Å². The highest BCUT2D eigenvalue weighted by atomic mass is 15.3. The van der Waals surface area contributed by atoms with Gasteiger partial charge in [0.2, 0.25) is 0 Å². The summed E-state index contributed by atoms with van der Waals surface area (Å²) >= 11 is 0.